The predicted octanol–water partition coefficient (Wildman–Crippen LogP) is -0.792. The number of aliphatic hydroxyl groups is 1. The van der Waals surface area contributed by atoms with E-state index in [9.17, 15) is 18.0 Å². The van der Waals surface area contributed by atoms with Crippen molar-refractivity contribution in [2.75, 3.05) is 6.61 Å². The minimum absolute atomic E-state index is 0.0342. The summed E-state index contributed by atoms with van der Waals surface area (Å²) >= 11 is 0. The number of hydrogen-bond donors (Lipinski definition) is 4. The first-order valence-electron chi connectivity index (χ1n) is 5.95. The molecule has 0 saturated carbocycles. The van der Waals surface area contributed by atoms with E-state index in [1.54, 1.807) is 6.92 Å². The molecule has 0 saturated heterocycles. The number of carbonyl (C=O) groups is 2. The van der Waals surface area contributed by atoms with Gasteiger partial charge in [0.25, 0.3) is 0 Å². The number of hydrogen-bond acceptors (Lipinski definition) is 5. The predicted molar refractivity (Wildman–Crippen MR) is 73.1 cm³/mol. The molecule has 0 aliphatic rings. The second-order valence-electron chi connectivity index (χ2n) is 4.37. The van der Waals surface area contributed by atoms with E-state index < -0.39 is 34.5 Å². The molecule has 116 valence electrons. The second-order valence-corrected chi connectivity index (χ2v) is 6.08. The summed E-state index contributed by atoms with van der Waals surface area (Å²) in [5.74, 6) is -2.19. The number of carboxylic acids is 1. The smallest absolute Gasteiger partial charge is 0.321 e. The van der Waals surface area contributed by atoms with Gasteiger partial charge in [-0.3, -0.25) is 9.59 Å². The van der Waals surface area contributed by atoms with E-state index in [0.717, 1.165) is 6.07 Å². The molecule has 0 radical (unpaired) electrons. The van der Waals surface area contributed by atoms with Crippen LogP contribution in [0.15, 0.2) is 23.1 Å². The Kier molecular flexibility index (Phi) is 5.41. The zero-order chi connectivity index (χ0) is 16.2. The summed E-state index contributed by atoms with van der Waals surface area (Å²) in [5, 5.41) is 17.6. The van der Waals surface area contributed by atoms with Crippen molar-refractivity contribution in [1.29, 1.82) is 0 Å². The number of carbonyl (C=O) groups excluding carboxylic acids is 1. The third-order valence-corrected chi connectivity index (χ3v) is 4.27. The zero-order valence-corrected chi connectivity index (χ0v) is 12.1. The molecule has 8 nitrogen and oxygen atoms in total. The van der Waals surface area contributed by atoms with Gasteiger partial charge in [0.2, 0.25) is 15.9 Å². The fraction of sp³-hybridized carbons (Fsp3) is 0.333. The Hall–Kier alpha value is -1.97. The molecule has 0 aromatic heterocycles. The average molecular weight is 316 g/mol. The molecule has 21 heavy (non-hydrogen) atoms. The molecule has 0 aliphatic carbocycles. The minimum atomic E-state index is -4.15. The van der Waals surface area contributed by atoms with Crippen LogP contribution in [0, 0.1) is 6.92 Å². The van der Waals surface area contributed by atoms with Crippen LogP contribution in [0.5, 0.6) is 0 Å². The second kappa shape index (κ2) is 6.66. The minimum Gasteiger partial charge on any atom is -0.480 e. The quantitative estimate of drug-likeness (QED) is 0.518. The van der Waals surface area contributed by atoms with E-state index in [-0.39, 0.29) is 16.9 Å². The maximum Gasteiger partial charge on any atom is 0.321 e. The molecule has 0 unspecified atom stereocenters. The van der Waals surface area contributed by atoms with Gasteiger partial charge in [-0.25, -0.2) is 8.42 Å². The van der Waals surface area contributed by atoms with Crippen molar-refractivity contribution < 1.29 is 28.2 Å². The van der Waals surface area contributed by atoms with E-state index in [1.807, 2.05) is 4.72 Å². The van der Waals surface area contributed by atoms with Gasteiger partial charge in [0.15, 0.2) is 0 Å². The molecule has 0 fully saturated rings. The van der Waals surface area contributed by atoms with Gasteiger partial charge in [0, 0.05) is 12.2 Å². The highest BCUT2D eigenvalue weighted by Crippen LogP contribution is 2.16. The van der Waals surface area contributed by atoms with Crippen molar-refractivity contribution in [3.05, 3.63) is 29.3 Å². The lowest BCUT2D eigenvalue weighted by molar-refractivity contribution is -0.139. The molecule has 9 heteroatoms. The van der Waals surface area contributed by atoms with Crippen LogP contribution in [0.25, 0.3) is 0 Å². The van der Waals surface area contributed by atoms with E-state index >= 15 is 0 Å². The van der Waals surface area contributed by atoms with Crippen molar-refractivity contribution in [3.8, 4) is 0 Å². The Morgan fingerprint density at radius 2 is 2.00 bits per heavy atom. The first-order chi connectivity index (χ1) is 9.69. The standard InChI is InChI=1S/C12H16N2O6S/c1-7-2-3-8(6-9(7)11(13)16)21(19,20)14-10(4-5-15)12(17)18/h2-3,6,10,14-15H,4-5H2,1H3,(H2,13,16)(H,17,18)/t10-/m1/s1. The maximum absolute atomic E-state index is 12.1. The third kappa shape index (κ3) is 4.25. The largest absolute Gasteiger partial charge is 0.480 e. The molecule has 1 aromatic carbocycles. The van der Waals surface area contributed by atoms with Crippen molar-refractivity contribution in [1.82, 2.24) is 4.72 Å². The number of sulfonamides is 1. The number of aliphatic carboxylic acids is 1. The third-order valence-electron chi connectivity index (χ3n) is 2.80. The molecular formula is C12H16N2O6S. The fourth-order valence-corrected chi connectivity index (χ4v) is 2.90. The highest BCUT2D eigenvalue weighted by Gasteiger charge is 2.25. The fourth-order valence-electron chi connectivity index (χ4n) is 1.65. The van der Waals surface area contributed by atoms with Crippen molar-refractivity contribution in [2.24, 2.45) is 5.73 Å². The topological polar surface area (TPSA) is 147 Å². The molecule has 0 heterocycles. The number of rotatable bonds is 7. The number of benzene rings is 1. The number of primary amides is 1. The van der Waals surface area contributed by atoms with Crippen LogP contribution in [-0.2, 0) is 14.8 Å². The first-order valence-corrected chi connectivity index (χ1v) is 7.44. The summed E-state index contributed by atoms with van der Waals surface area (Å²) in [4.78, 5) is 21.9. The zero-order valence-electron chi connectivity index (χ0n) is 11.2. The summed E-state index contributed by atoms with van der Waals surface area (Å²) in [6, 6.07) is 2.26. The average Bonchev–Trinajstić information content (AvgIpc) is 2.37. The number of amides is 1. The lowest BCUT2D eigenvalue weighted by atomic mass is 10.1. The maximum atomic E-state index is 12.1. The molecule has 0 aliphatic heterocycles. The van der Waals surface area contributed by atoms with Gasteiger partial charge in [-0.2, -0.15) is 4.72 Å². The van der Waals surface area contributed by atoms with Gasteiger partial charge < -0.3 is 15.9 Å². The molecule has 5 N–H and O–H groups in total. The molecule has 1 rings (SSSR count). The van der Waals surface area contributed by atoms with Gasteiger partial charge in [-0.15, -0.1) is 0 Å². The highest BCUT2D eigenvalue weighted by atomic mass is 32.2. The van der Waals surface area contributed by atoms with Crippen LogP contribution in [0.3, 0.4) is 0 Å². The monoisotopic (exact) mass is 316 g/mol. The van der Waals surface area contributed by atoms with E-state index in [4.69, 9.17) is 15.9 Å². The lowest BCUT2D eigenvalue weighted by Gasteiger charge is -2.14. The van der Waals surface area contributed by atoms with E-state index in [1.165, 1.54) is 12.1 Å². The Morgan fingerprint density at radius 1 is 1.38 bits per heavy atom. The summed E-state index contributed by atoms with van der Waals surface area (Å²) in [5.41, 5.74) is 5.68. The SMILES string of the molecule is Cc1ccc(S(=O)(=O)N[C@H](CCO)C(=O)O)cc1C(N)=O. The van der Waals surface area contributed by atoms with Crippen LogP contribution >= 0.6 is 0 Å². The Bertz CT molecular complexity index is 656. The molecule has 1 atom stereocenters. The number of carboxylic acid groups (broad SMARTS) is 1. The molecule has 0 spiro atoms. The molecule has 1 amide bonds. The van der Waals surface area contributed by atoms with Gasteiger partial charge >= 0.3 is 5.97 Å². The van der Waals surface area contributed by atoms with Gasteiger partial charge in [-0.1, -0.05) is 6.07 Å². The number of aliphatic hydroxyl groups excluding tert-OH is 1. The van der Waals surface area contributed by atoms with E-state index in [2.05, 4.69) is 0 Å². The van der Waals surface area contributed by atoms with Gasteiger partial charge in [0.1, 0.15) is 6.04 Å². The molecule has 0 bridgehead atoms. The van der Waals surface area contributed by atoms with E-state index in [0.29, 0.717) is 5.56 Å². The molecular weight excluding hydrogens is 300 g/mol. The number of nitrogens with two attached hydrogens (primary N) is 1. The summed E-state index contributed by atoms with van der Waals surface area (Å²) in [6.45, 7) is 1.11. The van der Waals surface area contributed by atoms with Gasteiger partial charge in [-0.05, 0) is 31.0 Å². The van der Waals surface area contributed by atoms with Crippen LogP contribution in [0.1, 0.15) is 22.3 Å². The Balaban J connectivity index is 3.16. The normalized spacial score (nSPS) is 12.9. The summed E-state index contributed by atoms with van der Waals surface area (Å²) in [7, 11) is -4.15. The first kappa shape index (κ1) is 17.1. The van der Waals surface area contributed by atoms with Crippen LogP contribution in [-0.4, -0.2) is 43.2 Å². The molecule has 1 aromatic rings. The lowest BCUT2D eigenvalue weighted by Crippen LogP contribution is -2.41. The Morgan fingerprint density at radius 3 is 2.48 bits per heavy atom. The van der Waals surface area contributed by atoms with Crippen molar-refractivity contribution in [3.63, 3.8) is 0 Å². The Labute approximate surface area is 121 Å². The highest BCUT2D eigenvalue weighted by molar-refractivity contribution is 7.89. The number of aryl methyl sites for hydroxylation is 1. The van der Waals surface area contributed by atoms with Crippen LogP contribution in [0.2, 0.25) is 0 Å². The summed E-state index contributed by atoms with van der Waals surface area (Å²) < 4.78 is 26.2. The van der Waals surface area contributed by atoms with Crippen LogP contribution in [0.4, 0.5) is 0 Å². The van der Waals surface area contributed by atoms with Crippen LogP contribution < -0.4 is 10.5 Å². The van der Waals surface area contributed by atoms with Crippen molar-refractivity contribution >= 4 is 21.9 Å². The number of nitrogens with one attached hydrogen (secondary N) is 1. The summed E-state index contributed by atoms with van der Waals surface area (Å²) in [6.07, 6.45) is -0.275. The van der Waals surface area contributed by atoms with Gasteiger partial charge in [0.05, 0.1) is 4.90 Å². The van der Waals surface area contributed by atoms with Crippen molar-refractivity contribution in [2.45, 2.75) is 24.3 Å².